The number of methoxy groups -OCH3 is 1. The van der Waals surface area contributed by atoms with Crippen LogP contribution in [0.3, 0.4) is 0 Å². The highest BCUT2D eigenvalue weighted by Crippen LogP contribution is 2.30. The zero-order valence-electron chi connectivity index (χ0n) is 16.7. The molecule has 1 aliphatic heterocycles. The van der Waals surface area contributed by atoms with Crippen LogP contribution in [0.4, 0.5) is 11.5 Å². The molecule has 1 N–H and O–H groups in total. The van der Waals surface area contributed by atoms with E-state index in [0.29, 0.717) is 0 Å². The lowest BCUT2D eigenvalue weighted by atomic mass is 10.1. The number of aliphatic hydroxyl groups is 1. The van der Waals surface area contributed by atoms with Gasteiger partial charge in [-0.05, 0) is 49.7 Å². The molecule has 3 aromatic rings. The van der Waals surface area contributed by atoms with Gasteiger partial charge in [0.1, 0.15) is 11.6 Å². The number of pyridine rings is 1. The summed E-state index contributed by atoms with van der Waals surface area (Å²) in [6, 6.07) is 16.8. The molecule has 0 spiro atoms. The van der Waals surface area contributed by atoms with Gasteiger partial charge >= 0.3 is 0 Å². The predicted octanol–water partition coefficient (Wildman–Crippen LogP) is 3.76. The lowest BCUT2D eigenvalue weighted by molar-refractivity contribution is 0.281. The number of aromatic nitrogens is 1. The summed E-state index contributed by atoms with van der Waals surface area (Å²) in [7, 11) is 1.69. The Balaban J connectivity index is 1.61. The molecule has 28 heavy (non-hydrogen) atoms. The Kier molecular flexibility index (Phi) is 5.09. The SMILES string of the molecule is COc1ccc(N2CCN(c3nc4c(C)cccc4cc3CO)[C@@H](C)C2)cc1. The molecule has 5 heteroatoms. The number of piperazine rings is 1. The fourth-order valence-electron chi connectivity index (χ4n) is 4.05. The minimum Gasteiger partial charge on any atom is -0.497 e. The normalized spacial score (nSPS) is 17.2. The van der Waals surface area contributed by atoms with Gasteiger partial charge in [0.25, 0.3) is 0 Å². The van der Waals surface area contributed by atoms with E-state index in [9.17, 15) is 5.11 Å². The molecule has 0 unspecified atom stereocenters. The van der Waals surface area contributed by atoms with Gasteiger partial charge in [0.05, 0.1) is 19.2 Å². The van der Waals surface area contributed by atoms with Gasteiger partial charge in [-0.1, -0.05) is 18.2 Å². The van der Waals surface area contributed by atoms with Crippen LogP contribution in [0.15, 0.2) is 48.5 Å². The van der Waals surface area contributed by atoms with E-state index in [1.165, 1.54) is 5.69 Å². The van der Waals surface area contributed by atoms with Crippen LogP contribution >= 0.6 is 0 Å². The first-order chi connectivity index (χ1) is 13.6. The summed E-state index contributed by atoms with van der Waals surface area (Å²) in [5, 5.41) is 11.0. The molecule has 0 amide bonds. The number of fused-ring (bicyclic) bond motifs is 1. The van der Waals surface area contributed by atoms with Crippen LogP contribution in [0.25, 0.3) is 10.9 Å². The van der Waals surface area contributed by atoms with Crippen LogP contribution in [0.2, 0.25) is 0 Å². The average molecular weight is 377 g/mol. The molecule has 1 saturated heterocycles. The molecule has 2 heterocycles. The maximum atomic E-state index is 9.95. The van der Waals surface area contributed by atoms with Crippen molar-refractivity contribution < 1.29 is 9.84 Å². The molecular weight excluding hydrogens is 350 g/mol. The van der Waals surface area contributed by atoms with E-state index in [0.717, 1.165) is 53.2 Å². The highest BCUT2D eigenvalue weighted by atomic mass is 16.5. The Morgan fingerprint density at radius 1 is 1.14 bits per heavy atom. The second-order valence-corrected chi connectivity index (χ2v) is 7.46. The summed E-state index contributed by atoms with van der Waals surface area (Å²) in [6.45, 7) is 6.99. The zero-order valence-corrected chi connectivity index (χ0v) is 16.7. The highest BCUT2D eigenvalue weighted by Gasteiger charge is 2.27. The number of anilines is 2. The second-order valence-electron chi connectivity index (χ2n) is 7.46. The first-order valence-corrected chi connectivity index (χ1v) is 9.76. The predicted molar refractivity (Wildman–Crippen MR) is 114 cm³/mol. The minimum atomic E-state index is -0.00235. The number of para-hydroxylation sites is 1. The van der Waals surface area contributed by atoms with Gasteiger partial charge in [-0.15, -0.1) is 0 Å². The maximum absolute atomic E-state index is 9.95. The number of hydrogen-bond donors (Lipinski definition) is 1. The lowest BCUT2D eigenvalue weighted by Crippen LogP contribution is -2.52. The van der Waals surface area contributed by atoms with E-state index in [1.54, 1.807) is 7.11 Å². The molecule has 0 radical (unpaired) electrons. The number of aliphatic hydroxyl groups excluding tert-OH is 1. The molecule has 1 fully saturated rings. The lowest BCUT2D eigenvalue weighted by Gasteiger charge is -2.42. The van der Waals surface area contributed by atoms with Crippen molar-refractivity contribution in [1.82, 2.24) is 4.98 Å². The summed E-state index contributed by atoms with van der Waals surface area (Å²) in [5.74, 6) is 1.78. The summed E-state index contributed by atoms with van der Waals surface area (Å²) in [5.41, 5.74) is 4.27. The van der Waals surface area contributed by atoms with Gasteiger partial charge in [0.2, 0.25) is 0 Å². The van der Waals surface area contributed by atoms with E-state index in [2.05, 4.69) is 54.0 Å². The molecular formula is C23H27N3O2. The molecule has 1 aliphatic rings. The maximum Gasteiger partial charge on any atom is 0.135 e. The van der Waals surface area contributed by atoms with Crippen LogP contribution in [0, 0.1) is 6.92 Å². The molecule has 0 saturated carbocycles. The molecule has 2 aromatic carbocycles. The van der Waals surface area contributed by atoms with Gasteiger partial charge < -0.3 is 19.6 Å². The van der Waals surface area contributed by atoms with Crippen LogP contribution in [-0.4, -0.2) is 42.9 Å². The number of ether oxygens (including phenoxy) is 1. The standard InChI is InChI=1S/C23H27N3O2/c1-16-5-4-6-18-13-19(15-27)23(24-22(16)18)26-12-11-25(14-17(26)2)20-7-9-21(28-3)10-8-20/h4-10,13,17,27H,11-12,14-15H2,1-3H3/t17-/m0/s1. The monoisotopic (exact) mass is 377 g/mol. The third-order valence-corrected chi connectivity index (χ3v) is 5.61. The first-order valence-electron chi connectivity index (χ1n) is 9.76. The van der Waals surface area contributed by atoms with Crippen molar-refractivity contribution in [2.24, 2.45) is 0 Å². The van der Waals surface area contributed by atoms with Gasteiger partial charge in [-0.25, -0.2) is 4.98 Å². The largest absolute Gasteiger partial charge is 0.497 e. The molecule has 1 aromatic heterocycles. The molecule has 5 nitrogen and oxygen atoms in total. The zero-order chi connectivity index (χ0) is 19.7. The van der Waals surface area contributed by atoms with Crippen molar-refractivity contribution in [3.05, 3.63) is 59.7 Å². The van der Waals surface area contributed by atoms with Crippen LogP contribution in [0.5, 0.6) is 5.75 Å². The highest BCUT2D eigenvalue weighted by molar-refractivity contribution is 5.84. The molecule has 0 bridgehead atoms. The Morgan fingerprint density at radius 3 is 2.61 bits per heavy atom. The van der Waals surface area contributed by atoms with E-state index in [-0.39, 0.29) is 12.6 Å². The fourth-order valence-corrected chi connectivity index (χ4v) is 4.05. The number of nitrogens with zero attached hydrogens (tertiary/aromatic N) is 3. The molecule has 0 aliphatic carbocycles. The molecule has 4 rings (SSSR count). The van der Waals surface area contributed by atoms with E-state index >= 15 is 0 Å². The number of aryl methyl sites for hydroxylation is 1. The summed E-state index contributed by atoms with van der Waals surface area (Å²) < 4.78 is 5.26. The Hall–Kier alpha value is -2.79. The third kappa shape index (κ3) is 3.38. The number of benzene rings is 2. The minimum absolute atomic E-state index is 0.00235. The third-order valence-electron chi connectivity index (χ3n) is 5.61. The van der Waals surface area contributed by atoms with Gasteiger partial charge in [-0.3, -0.25) is 0 Å². The summed E-state index contributed by atoms with van der Waals surface area (Å²) >= 11 is 0. The number of rotatable bonds is 4. The molecule has 1 atom stereocenters. The van der Waals surface area contributed by atoms with Crippen molar-refractivity contribution in [2.75, 3.05) is 36.5 Å². The Labute approximate surface area is 166 Å². The van der Waals surface area contributed by atoms with Crippen molar-refractivity contribution >= 4 is 22.4 Å². The van der Waals surface area contributed by atoms with Crippen LogP contribution in [0.1, 0.15) is 18.1 Å². The smallest absolute Gasteiger partial charge is 0.135 e. The quantitative estimate of drug-likeness (QED) is 0.750. The van der Waals surface area contributed by atoms with Gasteiger partial charge in [0.15, 0.2) is 0 Å². The van der Waals surface area contributed by atoms with Crippen molar-refractivity contribution in [1.29, 1.82) is 0 Å². The summed E-state index contributed by atoms with van der Waals surface area (Å²) in [6.07, 6.45) is 0. The van der Waals surface area contributed by atoms with Gasteiger partial charge in [-0.2, -0.15) is 0 Å². The second kappa shape index (κ2) is 7.68. The van der Waals surface area contributed by atoms with Gasteiger partial charge in [0, 0.05) is 42.3 Å². The fraction of sp³-hybridized carbons (Fsp3) is 0.348. The van der Waals surface area contributed by atoms with E-state index in [4.69, 9.17) is 9.72 Å². The number of hydrogen-bond acceptors (Lipinski definition) is 5. The van der Waals surface area contributed by atoms with E-state index in [1.807, 2.05) is 18.2 Å². The Bertz CT molecular complexity index is 971. The van der Waals surface area contributed by atoms with Crippen molar-refractivity contribution in [3.8, 4) is 5.75 Å². The van der Waals surface area contributed by atoms with Crippen molar-refractivity contribution in [3.63, 3.8) is 0 Å². The topological polar surface area (TPSA) is 48.8 Å². The summed E-state index contributed by atoms with van der Waals surface area (Å²) in [4.78, 5) is 9.70. The Morgan fingerprint density at radius 2 is 1.93 bits per heavy atom. The van der Waals surface area contributed by atoms with E-state index < -0.39 is 0 Å². The first kappa shape index (κ1) is 18.6. The van der Waals surface area contributed by atoms with Crippen molar-refractivity contribution in [2.45, 2.75) is 26.5 Å². The molecule has 146 valence electrons. The average Bonchev–Trinajstić information content (AvgIpc) is 2.73. The van der Waals surface area contributed by atoms with Crippen LogP contribution in [-0.2, 0) is 6.61 Å². The van der Waals surface area contributed by atoms with Crippen LogP contribution < -0.4 is 14.5 Å².